The molecule has 0 fully saturated rings. The summed E-state index contributed by atoms with van der Waals surface area (Å²) in [7, 11) is 1.57. The lowest BCUT2D eigenvalue weighted by atomic mass is 9.95. The van der Waals surface area contributed by atoms with Crippen molar-refractivity contribution >= 4 is 50.9 Å². The van der Waals surface area contributed by atoms with Gasteiger partial charge < -0.3 is 19.9 Å². The number of carbonyl (C=O) groups is 2. The molecule has 236 valence electrons. The number of hydrogen-bond acceptors (Lipinski definition) is 7. The number of para-hydroxylation sites is 1. The first-order valence-corrected chi connectivity index (χ1v) is 16.1. The molecule has 5 aromatic rings. The van der Waals surface area contributed by atoms with Crippen LogP contribution in [0, 0.1) is 0 Å². The number of methoxy groups -OCH3 is 1. The van der Waals surface area contributed by atoms with Gasteiger partial charge in [0.25, 0.3) is 11.5 Å². The van der Waals surface area contributed by atoms with Gasteiger partial charge >= 0.3 is 5.97 Å². The van der Waals surface area contributed by atoms with Gasteiger partial charge in [0, 0.05) is 5.69 Å². The fraction of sp³-hybridized carbons (Fsp3) is 0.111. The SMILES string of the molecule is COc1cccc([C@@H]2C(C(=O)Nc3ccccc3)=C(C)N=c3s/c(=C/c4ccc(OCc5ccc(C(=O)O)cc5)c(Br)c4)c(=O)n32)c1. The number of rotatable bonds is 9. The summed E-state index contributed by atoms with van der Waals surface area (Å²) in [5.74, 6) is -0.139. The van der Waals surface area contributed by atoms with Gasteiger partial charge in [-0.05, 0) is 94.2 Å². The molecule has 2 heterocycles. The van der Waals surface area contributed by atoms with Crippen LogP contribution in [0.15, 0.2) is 123 Å². The zero-order valence-corrected chi connectivity index (χ0v) is 27.7. The summed E-state index contributed by atoms with van der Waals surface area (Å²) in [5.41, 5.74) is 3.74. The normalized spacial score (nSPS) is 14.3. The Bertz CT molecular complexity index is 2210. The number of thiazole rings is 1. The predicted octanol–water partition coefficient (Wildman–Crippen LogP) is 5.92. The van der Waals surface area contributed by atoms with E-state index in [9.17, 15) is 14.4 Å². The number of aromatic nitrogens is 1. The summed E-state index contributed by atoms with van der Waals surface area (Å²) < 4.78 is 14.1. The lowest BCUT2D eigenvalue weighted by Gasteiger charge is -2.25. The fourth-order valence-electron chi connectivity index (χ4n) is 5.24. The van der Waals surface area contributed by atoms with Crippen molar-refractivity contribution in [2.45, 2.75) is 19.6 Å². The van der Waals surface area contributed by atoms with Crippen molar-refractivity contribution in [2.24, 2.45) is 4.99 Å². The summed E-state index contributed by atoms with van der Waals surface area (Å²) in [6.45, 7) is 2.03. The summed E-state index contributed by atoms with van der Waals surface area (Å²) in [5, 5.41) is 12.1. The molecular formula is C36H28BrN3O6S. The van der Waals surface area contributed by atoms with Crippen molar-refractivity contribution in [2.75, 3.05) is 12.4 Å². The van der Waals surface area contributed by atoms with Crippen LogP contribution in [-0.4, -0.2) is 28.7 Å². The summed E-state index contributed by atoms with van der Waals surface area (Å²) in [6, 6.07) is 27.7. The smallest absolute Gasteiger partial charge is 0.335 e. The number of carboxylic acid groups (broad SMARTS) is 1. The maximum absolute atomic E-state index is 14.1. The Kier molecular flexibility index (Phi) is 9.19. The zero-order valence-electron chi connectivity index (χ0n) is 25.3. The quantitative estimate of drug-likeness (QED) is 0.196. The molecule has 0 spiro atoms. The fourth-order valence-corrected chi connectivity index (χ4v) is 6.80. The molecule has 0 aliphatic carbocycles. The van der Waals surface area contributed by atoms with Gasteiger partial charge in [-0.2, -0.15) is 0 Å². The van der Waals surface area contributed by atoms with E-state index in [0.717, 1.165) is 11.1 Å². The van der Waals surface area contributed by atoms with Crippen LogP contribution in [0.25, 0.3) is 6.08 Å². The molecule has 1 atom stereocenters. The summed E-state index contributed by atoms with van der Waals surface area (Å²) in [4.78, 5) is 44.2. The van der Waals surface area contributed by atoms with Gasteiger partial charge in [-0.25, -0.2) is 9.79 Å². The van der Waals surface area contributed by atoms with Crippen LogP contribution in [0.2, 0.25) is 0 Å². The van der Waals surface area contributed by atoms with Crippen LogP contribution in [-0.2, 0) is 11.4 Å². The molecular weight excluding hydrogens is 682 g/mol. The van der Waals surface area contributed by atoms with Gasteiger partial charge in [0.15, 0.2) is 4.80 Å². The van der Waals surface area contributed by atoms with E-state index in [0.29, 0.717) is 47.8 Å². The number of fused-ring (bicyclic) bond motifs is 1. The van der Waals surface area contributed by atoms with Crippen molar-refractivity contribution < 1.29 is 24.2 Å². The number of nitrogens with zero attached hydrogens (tertiary/aromatic N) is 2. The van der Waals surface area contributed by atoms with Crippen molar-refractivity contribution in [3.05, 3.63) is 155 Å². The molecule has 0 radical (unpaired) electrons. The van der Waals surface area contributed by atoms with Gasteiger partial charge in [-0.1, -0.05) is 59.9 Å². The van der Waals surface area contributed by atoms with E-state index in [4.69, 9.17) is 19.6 Å². The van der Waals surface area contributed by atoms with Crippen molar-refractivity contribution in [1.29, 1.82) is 0 Å². The highest BCUT2D eigenvalue weighted by Crippen LogP contribution is 2.32. The number of allylic oxidation sites excluding steroid dienone is 1. The third-order valence-corrected chi connectivity index (χ3v) is 9.16. The highest BCUT2D eigenvalue weighted by molar-refractivity contribution is 9.10. The van der Waals surface area contributed by atoms with Crippen molar-refractivity contribution in [1.82, 2.24) is 4.57 Å². The first-order chi connectivity index (χ1) is 22.7. The van der Waals surface area contributed by atoms with Crippen molar-refractivity contribution in [3.63, 3.8) is 0 Å². The number of aromatic carboxylic acids is 1. The third kappa shape index (κ3) is 6.81. The van der Waals surface area contributed by atoms with Gasteiger partial charge in [-0.3, -0.25) is 14.2 Å². The largest absolute Gasteiger partial charge is 0.497 e. The molecule has 0 saturated carbocycles. The van der Waals surface area contributed by atoms with Crippen LogP contribution < -0.4 is 29.7 Å². The van der Waals surface area contributed by atoms with Crippen molar-refractivity contribution in [3.8, 4) is 11.5 Å². The van der Waals surface area contributed by atoms with Crippen LogP contribution in [0.5, 0.6) is 11.5 Å². The topological polar surface area (TPSA) is 119 Å². The van der Waals surface area contributed by atoms with E-state index in [1.54, 1.807) is 55.0 Å². The lowest BCUT2D eigenvalue weighted by Crippen LogP contribution is -2.40. The van der Waals surface area contributed by atoms with Crippen LogP contribution in [0.3, 0.4) is 0 Å². The molecule has 2 N–H and O–H groups in total. The van der Waals surface area contributed by atoms with Crippen LogP contribution >= 0.6 is 27.3 Å². The second kappa shape index (κ2) is 13.6. The number of ether oxygens (including phenoxy) is 2. The van der Waals surface area contributed by atoms with Gasteiger partial charge in [-0.15, -0.1) is 0 Å². The Hall–Kier alpha value is -5.26. The number of benzene rings is 4. The van der Waals surface area contributed by atoms with Crippen LogP contribution in [0.1, 0.15) is 40.0 Å². The number of amides is 1. The average Bonchev–Trinajstić information content (AvgIpc) is 3.37. The standard InChI is InChI=1S/C36H28BrN3O6S/c1-21-31(33(41)39-26-8-4-3-5-9-26)32(25-7-6-10-27(19-25)45-2)40-34(42)30(47-36(40)38-21)18-23-13-16-29(28(37)17-23)46-20-22-11-14-24(15-12-22)35(43)44/h3-19,32H,20H2,1-2H3,(H,39,41)(H,43,44)/b30-18+/t32-/m1/s1. The second-order valence-electron chi connectivity index (χ2n) is 10.7. The number of nitrogens with one attached hydrogen (secondary N) is 1. The molecule has 1 aliphatic rings. The molecule has 0 bridgehead atoms. The number of carboxylic acids is 1. The first-order valence-electron chi connectivity index (χ1n) is 14.5. The molecule has 11 heteroatoms. The summed E-state index contributed by atoms with van der Waals surface area (Å²) >= 11 is 4.82. The third-order valence-electron chi connectivity index (χ3n) is 7.56. The highest BCUT2D eigenvalue weighted by Gasteiger charge is 2.32. The minimum absolute atomic E-state index is 0.209. The van der Waals surface area contributed by atoms with E-state index >= 15 is 0 Å². The van der Waals surface area contributed by atoms with Gasteiger partial charge in [0.1, 0.15) is 18.1 Å². The first kappa shape index (κ1) is 31.7. The predicted molar refractivity (Wildman–Crippen MR) is 184 cm³/mol. The molecule has 1 aromatic heterocycles. The Morgan fingerprint density at radius 2 is 1.79 bits per heavy atom. The highest BCUT2D eigenvalue weighted by atomic mass is 79.9. The molecule has 1 aliphatic heterocycles. The average molecular weight is 711 g/mol. The minimum Gasteiger partial charge on any atom is -0.497 e. The van der Waals surface area contributed by atoms with E-state index in [1.165, 1.54) is 23.5 Å². The second-order valence-corrected chi connectivity index (χ2v) is 12.5. The zero-order chi connectivity index (χ0) is 33.1. The molecule has 0 unspecified atom stereocenters. The Morgan fingerprint density at radius 1 is 1.02 bits per heavy atom. The monoisotopic (exact) mass is 709 g/mol. The van der Waals surface area contributed by atoms with E-state index in [2.05, 4.69) is 21.2 Å². The summed E-state index contributed by atoms with van der Waals surface area (Å²) in [6.07, 6.45) is 1.79. The molecule has 1 amide bonds. The Morgan fingerprint density at radius 3 is 2.49 bits per heavy atom. The van der Waals surface area contributed by atoms with E-state index < -0.39 is 12.0 Å². The molecule has 47 heavy (non-hydrogen) atoms. The van der Waals surface area contributed by atoms with Crippen LogP contribution in [0.4, 0.5) is 5.69 Å². The number of halogens is 1. The molecule has 6 rings (SSSR count). The number of carbonyl (C=O) groups excluding carboxylic acids is 1. The number of anilines is 1. The van der Waals surface area contributed by atoms with Gasteiger partial charge in [0.05, 0.1) is 39.0 Å². The number of hydrogen-bond donors (Lipinski definition) is 2. The van der Waals surface area contributed by atoms with E-state index in [-0.39, 0.29) is 23.6 Å². The molecule has 4 aromatic carbocycles. The van der Waals surface area contributed by atoms with E-state index in [1.807, 2.05) is 54.6 Å². The van der Waals surface area contributed by atoms with Gasteiger partial charge in [0.2, 0.25) is 0 Å². The lowest BCUT2D eigenvalue weighted by molar-refractivity contribution is -0.113. The minimum atomic E-state index is -0.983. The maximum atomic E-state index is 14.1. The maximum Gasteiger partial charge on any atom is 0.335 e. The molecule has 9 nitrogen and oxygen atoms in total. The Balaban J connectivity index is 1.34. The Labute approximate surface area is 281 Å². The molecule has 0 saturated heterocycles.